The Morgan fingerprint density at radius 3 is 2.20 bits per heavy atom. The van der Waals surface area contributed by atoms with Gasteiger partial charge in [-0.25, -0.2) is 9.78 Å². The molecule has 0 amide bonds. The van der Waals surface area contributed by atoms with Crippen molar-refractivity contribution in [3.05, 3.63) is 17.5 Å². The highest BCUT2D eigenvalue weighted by molar-refractivity contribution is 5.91. The first-order chi connectivity index (χ1) is 8.97. The molecule has 20 heavy (non-hydrogen) atoms. The highest BCUT2D eigenvalue weighted by atomic mass is 19.4. The molecule has 1 heterocycles. The molecule has 0 bridgehead atoms. The zero-order valence-electron chi connectivity index (χ0n) is 9.46. The molecule has 0 aliphatic carbocycles. The predicted molar refractivity (Wildman–Crippen MR) is 48.9 cm³/mol. The average Bonchev–Trinajstić information content (AvgIpc) is 2.27. The highest BCUT2D eigenvalue weighted by Crippen LogP contribution is 2.44. The van der Waals surface area contributed by atoms with Crippen molar-refractivity contribution in [2.75, 3.05) is 7.11 Å². The first-order valence-electron chi connectivity index (χ1n) is 4.60. The minimum absolute atomic E-state index is 0.0763. The maximum Gasteiger partial charge on any atom is 0.573 e. The Balaban J connectivity index is 3.50. The van der Waals surface area contributed by atoms with Crippen molar-refractivity contribution in [1.82, 2.24) is 4.98 Å². The monoisotopic (exact) mass is 305 g/mol. The van der Waals surface area contributed by atoms with Gasteiger partial charge in [-0.2, -0.15) is 13.2 Å². The Morgan fingerprint density at radius 2 is 1.80 bits per heavy atom. The fourth-order valence-electron chi connectivity index (χ4n) is 1.15. The standard InChI is InChI=1S/C9H5F6NO4/c1-19-7(18)4-5(17)6(20-9(13,14)15)3(2-16-4)8(10,11)12/h2,17H,1H3. The van der Waals surface area contributed by atoms with Crippen LogP contribution in [0, 0.1) is 0 Å². The van der Waals surface area contributed by atoms with Crippen molar-refractivity contribution < 1.29 is 45.7 Å². The zero-order chi connectivity index (χ0) is 15.7. The van der Waals surface area contributed by atoms with Gasteiger partial charge in [-0.3, -0.25) is 0 Å². The lowest BCUT2D eigenvalue weighted by molar-refractivity contribution is -0.276. The summed E-state index contributed by atoms with van der Waals surface area (Å²) in [7, 11) is 0.797. The lowest BCUT2D eigenvalue weighted by Gasteiger charge is -2.17. The van der Waals surface area contributed by atoms with Crippen LogP contribution in [-0.4, -0.2) is 29.5 Å². The third-order valence-corrected chi connectivity index (χ3v) is 1.91. The summed E-state index contributed by atoms with van der Waals surface area (Å²) in [5.41, 5.74) is -3.13. The molecule has 0 fully saturated rings. The Morgan fingerprint density at radius 1 is 1.25 bits per heavy atom. The largest absolute Gasteiger partial charge is 0.573 e. The van der Waals surface area contributed by atoms with Gasteiger partial charge in [0.25, 0.3) is 0 Å². The van der Waals surface area contributed by atoms with Crippen molar-refractivity contribution in [1.29, 1.82) is 0 Å². The Labute approximate surface area is 106 Å². The van der Waals surface area contributed by atoms with Crippen LogP contribution in [0.4, 0.5) is 26.3 Å². The van der Waals surface area contributed by atoms with Crippen LogP contribution in [-0.2, 0) is 10.9 Å². The Hall–Kier alpha value is -2.20. The summed E-state index contributed by atoms with van der Waals surface area (Å²) in [4.78, 5) is 14.0. The lowest BCUT2D eigenvalue weighted by atomic mass is 10.2. The summed E-state index contributed by atoms with van der Waals surface area (Å²) in [6, 6.07) is 0. The number of nitrogens with zero attached hydrogens (tertiary/aromatic N) is 1. The van der Waals surface area contributed by atoms with E-state index in [0.717, 1.165) is 7.11 Å². The van der Waals surface area contributed by atoms with E-state index in [1.165, 1.54) is 0 Å². The molecule has 5 nitrogen and oxygen atoms in total. The molecule has 1 aromatic heterocycles. The molecule has 1 rings (SSSR count). The number of aromatic nitrogens is 1. The van der Waals surface area contributed by atoms with E-state index in [4.69, 9.17) is 0 Å². The second-order valence-electron chi connectivity index (χ2n) is 3.24. The minimum Gasteiger partial charge on any atom is -0.503 e. The first-order valence-corrected chi connectivity index (χ1v) is 4.60. The fraction of sp³-hybridized carbons (Fsp3) is 0.333. The summed E-state index contributed by atoms with van der Waals surface area (Å²) in [5.74, 6) is -5.12. The third kappa shape index (κ3) is 3.42. The summed E-state index contributed by atoms with van der Waals surface area (Å²) in [5, 5.41) is 9.31. The number of ether oxygens (including phenoxy) is 2. The van der Waals surface area contributed by atoms with Gasteiger partial charge < -0.3 is 14.6 Å². The Bertz CT molecular complexity index is 524. The molecule has 0 saturated carbocycles. The summed E-state index contributed by atoms with van der Waals surface area (Å²) >= 11 is 0. The molecule has 1 aromatic rings. The van der Waals surface area contributed by atoms with Gasteiger partial charge in [-0.15, -0.1) is 13.2 Å². The number of hydrogen-bond donors (Lipinski definition) is 1. The van der Waals surface area contributed by atoms with Crippen LogP contribution < -0.4 is 4.74 Å². The van der Waals surface area contributed by atoms with Crippen LogP contribution in [0.3, 0.4) is 0 Å². The first kappa shape index (κ1) is 15.9. The zero-order valence-corrected chi connectivity index (χ0v) is 9.46. The number of pyridine rings is 1. The van der Waals surface area contributed by atoms with Gasteiger partial charge in [0.2, 0.25) is 0 Å². The van der Waals surface area contributed by atoms with Gasteiger partial charge >= 0.3 is 18.5 Å². The summed E-state index contributed by atoms with van der Waals surface area (Å²) in [6.45, 7) is 0. The number of carbonyl (C=O) groups excluding carboxylic acids is 1. The number of hydrogen-bond acceptors (Lipinski definition) is 5. The smallest absolute Gasteiger partial charge is 0.503 e. The van der Waals surface area contributed by atoms with Crippen LogP contribution >= 0.6 is 0 Å². The minimum atomic E-state index is -5.51. The van der Waals surface area contributed by atoms with Crippen LogP contribution in [0.1, 0.15) is 16.1 Å². The van der Waals surface area contributed by atoms with E-state index in [2.05, 4.69) is 14.5 Å². The predicted octanol–water partition coefficient (Wildman–Crippen LogP) is 2.49. The molecule has 0 aromatic carbocycles. The normalized spacial score (nSPS) is 12.2. The second kappa shape index (κ2) is 5.06. The number of alkyl halides is 6. The molecule has 0 atom stereocenters. The second-order valence-corrected chi connectivity index (χ2v) is 3.24. The van der Waals surface area contributed by atoms with Crippen molar-refractivity contribution in [2.45, 2.75) is 12.5 Å². The quantitative estimate of drug-likeness (QED) is 0.671. The van der Waals surface area contributed by atoms with E-state index in [1.54, 1.807) is 0 Å². The summed E-state index contributed by atoms with van der Waals surface area (Å²) < 4.78 is 80.9. The molecule has 1 N–H and O–H groups in total. The van der Waals surface area contributed by atoms with E-state index in [-0.39, 0.29) is 6.20 Å². The summed E-state index contributed by atoms with van der Waals surface area (Å²) in [6.07, 6.45) is -10.9. The van der Waals surface area contributed by atoms with Crippen LogP contribution in [0.2, 0.25) is 0 Å². The fourth-order valence-corrected chi connectivity index (χ4v) is 1.15. The van der Waals surface area contributed by atoms with Gasteiger partial charge in [-0.1, -0.05) is 0 Å². The van der Waals surface area contributed by atoms with E-state index < -0.39 is 41.3 Å². The lowest BCUT2D eigenvalue weighted by Crippen LogP contribution is -2.21. The number of rotatable bonds is 2. The van der Waals surface area contributed by atoms with Crippen LogP contribution in [0.25, 0.3) is 0 Å². The van der Waals surface area contributed by atoms with Crippen molar-refractivity contribution in [2.24, 2.45) is 0 Å². The number of carbonyl (C=O) groups is 1. The molecule has 0 spiro atoms. The molecule has 0 aliphatic rings. The molecule has 112 valence electrons. The topological polar surface area (TPSA) is 68.7 Å². The number of methoxy groups -OCH3 is 1. The third-order valence-electron chi connectivity index (χ3n) is 1.91. The maximum atomic E-state index is 12.5. The van der Waals surface area contributed by atoms with Crippen molar-refractivity contribution >= 4 is 5.97 Å². The Kier molecular flexibility index (Phi) is 4.01. The van der Waals surface area contributed by atoms with Crippen molar-refractivity contribution in [3.63, 3.8) is 0 Å². The van der Waals surface area contributed by atoms with Gasteiger partial charge in [0, 0.05) is 6.20 Å². The average molecular weight is 305 g/mol. The number of esters is 1. The van der Waals surface area contributed by atoms with Gasteiger partial charge in [0.1, 0.15) is 5.56 Å². The molecule has 0 unspecified atom stereocenters. The molecule has 0 aliphatic heterocycles. The van der Waals surface area contributed by atoms with Crippen molar-refractivity contribution in [3.8, 4) is 11.5 Å². The van der Waals surface area contributed by atoms with Gasteiger partial charge in [-0.05, 0) is 0 Å². The van der Waals surface area contributed by atoms with E-state index in [9.17, 15) is 36.2 Å². The highest BCUT2D eigenvalue weighted by Gasteiger charge is 2.42. The van der Waals surface area contributed by atoms with Gasteiger partial charge in [0.05, 0.1) is 7.11 Å². The molecule has 11 heteroatoms. The molecule has 0 radical (unpaired) electrons. The molecule has 0 saturated heterocycles. The van der Waals surface area contributed by atoms with Gasteiger partial charge in [0.15, 0.2) is 17.2 Å². The SMILES string of the molecule is COC(=O)c1ncc(C(F)(F)F)c(OC(F)(F)F)c1O. The number of aromatic hydroxyl groups is 1. The molecular formula is C9H5F6NO4. The van der Waals surface area contributed by atoms with E-state index in [1.807, 2.05) is 0 Å². The van der Waals surface area contributed by atoms with E-state index >= 15 is 0 Å². The molecular weight excluding hydrogens is 300 g/mol. The van der Waals surface area contributed by atoms with Crippen LogP contribution in [0.5, 0.6) is 11.5 Å². The maximum absolute atomic E-state index is 12.5. The number of halogens is 6. The van der Waals surface area contributed by atoms with E-state index in [0.29, 0.717) is 0 Å². The van der Waals surface area contributed by atoms with Crippen LogP contribution in [0.15, 0.2) is 6.20 Å².